The Morgan fingerprint density at radius 2 is 1.78 bits per heavy atom. The van der Waals surface area contributed by atoms with Crippen LogP contribution in [-0.4, -0.2) is 72.1 Å². The van der Waals surface area contributed by atoms with Crippen LogP contribution < -0.4 is 14.2 Å². The van der Waals surface area contributed by atoms with Gasteiger partial charge in [-0.05, 0) is 43.6 Å². The molecule has 0 aliphatic carbocycles. The van der Waals surface area contributed by atoms with Crippen molar-refractivity contribution >= 4 is 22.3 Å². The summed E-state index contributed by atoms with van der Waals surface area (Å²) in [6.07, 6.45) is 2.73. The number of methoxy groups -OCH3 is 4. The monoisotopic (exact) mass is 462 g/mol. The third-order valence-electron chi connectivity index (χ3n) is 5.82. The van der Waals surface area contributed by atoms with Crippen molar-refractivity contribution in [1.29, 1.82) is 0 Å². The Morgan fingerprint density at radius 1 is 1.12 bits per heavy atom. The summed E-state index contributed by atoms with van der Waals surface area (Å²) in [6.45, 7) is 1.29. The molecule has 1 aromatic carbocycles. The van der Waals surface area contributed by atoms with Crippen molar-refractivity contribution in [2.45, 2.75) is 18.9 Å². The first-order valence-corrected chi connectivity index (χ1v) is 11.0. The number of nitrogens with zero attached hydrogens (tertiary/aromatic N) is 4. The molecule has 0 amide bonds. The number of aromatic nitrogens is 3. The number of hydrogen-bond donors (Lipinski definition) is 1. The quantitative estimate of drug-likeness (QED) is 0.530. The van der Waals surface area contributed by atoms with Crippen LogP contribution in [0.3, 0.4) is 0 Å². The van der Waals surface area contributed by atoms with Gasteiger partial charge in [0.2, 0.25) is 16.6 Å². The molecule has 1 N–H and O–H groups in total. The number of piperidine rings is 1. The second-order valence-electron chi connectivity index (χ2n) is 7.44. The number of benzene rings is 1. The molecule has 1 fully saturated rings. The molecule has 0 radical (unpaired) electrons. The average Bonchev–Trinajstić information content (AvgIpc) is 3.41. The Labute approximate surface area is 189 Å². The Hall–Kier alpha value is -3.05. The molecule has 1 aliphatic heterocycles. The van der Waals surface area contributed by atoms with Crippen molar-refractivity contribution in [2.75, 3.05) is 41.5 Å². The molecule has 0 saturated carbocycles. The van der Waals surface area contributed by atoms with Crippen molar-refractivity contribution in [1.82, 2.24) is 19.5 Å². The van der Waals surface area contributed by atoms with Gasteiger partial charge in [0.05, 0.1) is 45.3 Å². The maximum Gasteiger partial charge on any atom is 0.308 e. The largest absolute Gasteiger partial charge is 0.493 e. The second kappa shape index (κ2) is 9.21. The first kappa shape index (κ1) is 22.2. The minimum atomic E-state index is -0.323. The molecule has 1 saturated heterocycles. The maximum atomic E-state index is 12.0. The van der Waals surface area contributed by atoms with E-state index in [1.54, 1.807) is 21.3 Å². The molecule has 4 rings (SSSR count). The summed E-state index contributed by atoms with van der Waals surface area (Å²) in [6, 6.07) is 3.44. The number of hydrogen-bond acceptors (Lipinski definition) is 10. The lowest BCUT2D eigenvalue weighted by Gasteiger charge is -2.36. The molecule has 0 spiro atoms. The fourth-order valence-corrected chi connectivity index (χ4v) is 5.31. The average molecular weight is 463 g/mol. The molecule has 32 heavy (non-hydrogen) atoms. The van der Waals surface area contributed by atoms with Crippen LogP contribution in [0, 0.1) is 5.92 Å². The summed E-state index contributed by atoms with van der Waals surface area (Å²) in [5.74, 6) is 1.26. The fourth-order valence-electron chi connectivity index (χ4n) is 4.22. The third kappa shape index (κ3) is 3.82. The summed E-state index contributed by atoms with van der Waals surface area (Å²) in [7, 11) is 6.11. The van der Waals surface area contributed by atoms with Crippen molar-refractivity contribution < 1.29 is 28.8 Å². The number of carbonyl (C=O) groups is 1. The van der Waals surface area contributed by atoms with E-state index in [4.69, 9.17) is 18.9 Å². The van der Waals surface area contributed by atoms with Crippen LogP contribution in [0.4, 0.5) is 0 Å². The number of fused-ring (bicyclic) bond motifs is 1. The third-order valence-corrected chi connectivity index (χ3v) is 6.91. The molecule has 172 valence electrons. The zero-order valence-corrected chi connectivity index (χ0v) is 19.2. The van der Waals surface area contributed by atoms with Crippen LogP contribution in [0.15, 0.2) is 18.5 Å². The van der Waals surface area contributed by atoms with Gasteiger partial charge in [-0.15, -0.1) is 0 Å². The minimum Gasteiger partial charge on any atom is -0.493 e. The van der Waals surface area contributed by atoms with Gasteiger partial charge in [-0.3, -0.25) is 9.69 Å². The number of rotatable bonds is 7. The van der Waals surface area contributed by atoms with E-state index < -0.39 is 0 Å². The van der Waals surface area contributed by atoms with Gasteiger partial charge in [-0.25, -0.2) is 4.98 Å². The van der Waals surface area contributed by atoms with E-state index in [0.29, 0.717) is 53.0 Å². The number of thiazole rings is 1. The molecule has 0 bridgehead atoms. The summed E-state index contributed by atoms with van der Waals surface area (Å²) < 4.78 is 22.9. The summed E-state index contributed by atoms with van der Waals surface area (Å²) in [4.78, 5) is 19.8. The molecule has 1 atom stereocenters. The predicted octanol–water partition coefficient (Wildman–Crippen LogP) is 2.50. The van der Waals surface area contributed by atoms with Crippen LogP contribution in [-0.2, 0) is 9.53 Å². The van der Waals surface area contributed by atoms with Crippen LogP contribution in [0.2, 0.25) is 0 Å². The molecule has 3 heterocycles. The highest BCUT2D eigenvalue weighted by Crippen LogP contribution is 2.46. The highest BCUT2D eigenvalue weighted by molar-refractivity contribution is 7.17. The summed E-state index contributed by atoms with van der Waals surface area (Å²) >= 11 is 1.37. The SMILES string of the molecule is COC(=O)C1CCN([C@@H](c2cc(OC)c(OC)c(OC)c2)c2sc3ncnn3c2O)CC1. The molecular formula is C21H26N4O6S. The van der Waals surface area contributed by atoms with E-state index >= 15 is 0 Å². The van der Waals surface area contributed by atoms with Gasteiger partial charge in [0.1, 0.15) is 6.33 Å². The summed E-state index contributed by atoms with van der Waals surface area (Å²) in [5.41, 5.74) is 0.857. The van der Waals surface area contributed by atoms with Crippen molar-refractivity contribution in [3.05, 3.63) is 28.9 Å². The van der Waals surface area contributed by atoms with Crippen molar-refractivity contribution in [3.63, 3.8) is 0 Å². The smallest absolute Gasteiger partial charge is 0.308 e. The normalized spacial score (nSPS) is 16.1. The first-order chi connectivity index (χ1) is 15.5. The second-order valence-corrected chi connectivity index (χ2v) is 8.45. The van der Waals surface area contributed by atoms with Gasteiger partial charge < -0.3 is 24.1 Å². The fraction of sp³-hybridized carbons (Fsp3) is 0.476. The standard InChI is InChI=1S/C21H26N4O6S/c1-28-14-9-13(10-15(29-2)17(14)30-3)16(18-19(26)25-21(32-18)22-11-23-25)24-7-5-12(6-8-24)20(27)31-4/h9-12,16,26H,5-8H2,1-4H3/t16-/m0/s1. The van der Waals surface area contributed by atoms with Crippen LogP contribution in [0.5, 0.6) is 23.1 Å². The number of ether oxygens (including phenoxy) is 4. The highest BCUT2D eigenvalue weighted by atomic mass is 32.1. The molecular weight excluding hydrogens is 436 g/mol. The van der Waals surface area contributed by atoms with E-state index in [0.717, 1.165) is 5.56 Å². The van der Waals surface area contributed by atoms with Crippen LogP contribution in [0.1, 0.15) is 29.3 Å². The van der Waals surface area contributed by atoms with Gasteiger partial charge in [0.25, 0.3) is 0 Å². The Kier molecular flexibility index (Phi) is 6.38. The number of esters is 1. The summed E-state index contributed by atoms with van der Waals surface area (Å²) in [5, 5.41) is 15.1. The maximum absolute atomic E-state index is 12.0. The zero-order valence-electron chi connectivity index (χ0n) is 18.4. The molecule has 1 aliphatic rings. The van der Waals surface area contributed by atoms with Crippen LogP contribution in [0.25, 0.3) is 4.96 Å². The van der Waals surface area contributed by atoms with Gasteiger partial charge in [0.15, 0.2) is 11.5 Å². The molecule has 10 nitrogen and oxygen atoms in total. The Bertz CT molecular complexity index is 1080. The topological polar surface area (TPSA) is 108 Å². The number of carbonyl (C=O) groups excluding carboxylic acids is 1. The Morgan fingerprint density at radius 3 is 2.31 bits per heavy atom. The van der Waals surface area contributed by atoms with E-state index in [1.165, 1.54) is 29.3 Å². The van der Waals surface area contributed by atoms with E-state index in [1.807, 2.05) is 12.1 Å². The van der Waals surface area contributed by atoms with Gasteiger partial charge in [0, 0.05) is 0 Å². The number of likely N-dealkylation sites (tertiary alicyclic amines) is 1. The first-order valence-electron chi connectivity index (χ1n) is 10.2. The molecule has 0 unspecified atom stereocenters. The van der Waals surface area contributed by atoms with Crippen molar-refractivity contribution in [2.24, 2.45) is 5.92 Å². The molecule has 3 aromatic rings. The predicted molar refractivity (Wildman–Crippen MR) is 117 cm³/mol. The van der Waals surface area contributed by atoms with Gasteiger partial charge in [-0.2, -0.15) is 9.61 Å². The number of aromatic hydroxyl groups is 1. The minimum absolute atomic E-state index is 0.0383. The van der Waals surface area contributed by atoms with E-state index in [2.05, 4.69) is 15.0 Å². The van der Waals surface area contributed by atoms with E-state index in [-0.39, 0.29) is 23.8 Å². The zero-order chi connectivity index (χ0) is 22.8. The van der Waals surface area contributed by atoms with Crippen molar-refractivity contribution in [3.8, 4) is 23.1 Å². The lowest BCUT2D eigenvalue weighted by molar-refractivity contribution is -0.147. The van der Waals surface area contributed by atoms with Gasteiger partial charge in [-0.1, -0.05) is 11.3 Å². The Balaban J connectivity index is 1.79. The van der Waals surface area contributed by atoms with Crippen LogP contribution >= 0.6 is 11.3 Å². The lowest BCUT2D eigenvalue weighted by atomic mass is 9.93. The lowest BCUT2D eigenvalue weighted by Crippen LogP contribution is -2.39. The molecule has 11 heteroatoms. The molecule has 2 aromatic heterocycles. The highest BCUT2D eigenvalue weighted by Gasteiger charge is 2.35. The van der Waals surface area contributed by atoms with Gasteiger partial charge >= 0.3 is 5.97 Å². The van der Waals surface area contributed by atoms with E-state index in [9.17, 15) is 9.90 Å².